The number of nitrogens with zero attached hydrogens (tertiary/aromatic N) is 2. The minimum Gasteiger partial charge on any atom is -0.496 e. The Balaban J connectivity index is 1.19. The molecule has 0 amide bonds. The molecule has 0 aliphatic carbocycles. The highest BCUT2D eigenvalue weighted by Gasteiger charge is 2.19. The third-order valence-electron chi connectivity index (χ3n) is 5.82. The summed E-state index contributed by atoms with van der Waals surface area (Å²) in [7, 11) is 1.73. The van der Waals surface area contributed by atoms with E-state index in [-0.39, 0.29) is 5.56 Å². The van der Waals surface area contributed by atoms with Crippen LogP contribution in [0, 0.1) is 0 Å². The molecule has 0 saturated carbocycles. The molecule has 0 bridgehead atoms. The van der Waals surface area contributed by atoms with E-state index >= 15 is 0 Å². The SMILES string of the molecule is COc1cccc2c1cc1n2CCN(CCCOc2ccc3ccc(=O)[nH]c3c2)C1. The first-order chi connectivity index (χ1) is 14.7. The molecule has 2 aromatic heterocycles. The van der Waals surface area contributed by atoms with Crippen LogP contribution in [0.15, 0.2) is 59.4 Å². The van der Waals surface area contributed by atoms with Gasteiger partial charge in [-0.1, -0.05) is 6.07 Å². The molecule has 0 radical (unpaired) electrons. The van der Waals surface area contributed by atoms with Crippen LogP contribution in [0.5, 0.6) is 11.5 Å². The number of ether oxygens (including phenoxy) is 2. The number of fused-ring (bicyclic) bond motifs is 4. The molecule has 0 unspecified atom stereocenters. The van der Waals surface area contributed by atoms with Gasteiger partial charge in [0.05, 0.1) is 24.8 Å². The molecule has 0 atom stereocenters. The summed E-state index contributed by atoms with van der Waals surface area (Å²) in [4.78, 5) is 16.8. The van der Waals surface area contributed by atoms with Crippen LogP contribution in [0.3, 0.4) is 0 Å². The average Bonchev–Trinajstić information content (AvgIpc) is 3.14. The normalized spacial score (nSPS) is 14.2. The zero-order valence-electron chi connectivity index (χ0n) is 17.1. The monoisotopic (exact) mass is 403 g/mol. The second kappa shape index (κ2) is 7.88. The van der Waals surface area contributed by atoms with Gasteiger partial charge in [0.15, 0.2) is 0 Å². The lowest BCUT2D eigenvalue weighted by Gasteiger charge is -2.28. The number of hydrogen-bond donors (Lipinski definition) is 1. The van der Waals surface area contributed by atoms with E-state index in [4.69, 9.17) is 9.47 Å². The van der Waals surface area contributed by atoms with Crippen molar-refractivity contribution in [2.75, 3.05) is 26.8 Å². The van der Waals surface area contributed by atoms with Gasteiger partial charge in [0, 0.05) is 49.4 Å². The van der Waals surface area contributed by atoms with Crippen molar-refractivity contribution in [3.05, 3.63) is 70.6 Å². The van der Waals surface area contributed by atoms with E-state index in [1.165, 1.54) is 22.7 Å². The van der Waals surface area contributed by atoms with Gasteiger partial charge in [-0.3, -0.25) is 9.69 Å². The lowest BCUT2D eigenvalue weighted by molar-refractivity contribution is 0.200. The third kappa shape index (κ3) is 3.55. The first-order valence-corrected chi connectivity index (χ1v) is 10.3. The quantitative estimate of drug-likeness (QED) is 0.498. The summed E-state index contributed by atoms with van der Waals surface area (Å²) < 4.78 is 13.8. The molecule has 2 aromatic carbocycles. The van der Waals surface area contributed by atoms with Crippen molar-refractivity contribution >= 4 is 21.8 Å². The Morgan fingerprint density at radius 3 is 2.87 bits per heavy atom. The van der Waals surface area contributed by atoms with Crippen LogP contribution in [-0.2, 0) is 13.1 Å². The number of aromatic amines is 1. The van der Waals surface area contributed by atoms with Crippen molar-refractivity contribution in [1.29, 1.82) is 0 Å². The number of pyridine rings is 1. The molecule has 0 fully saturated rings. The Kier molecular flexibility index (Phi) is 4.93. The number of nitrogens with one attached hydrogen (secondary N) is 1. The van der Waals surface area contributed by atoms with E-state index in [0.29, 0.717) is 6.61 Å². The predicted octanol–water partition coefficient (Wildman–Crippen LogP) is 3.78. The van der Waals surface area contributed by atoms with Gasteiger partial charge < -0.3 is 19.0 Å². The van der Waals surface area contributed by atoms with E-state index in [1.54, 1.807) is 7.11 Å². The number of rotatable bonds is 6. The zero-order valence-corrected chi connectivity index (χ0v) is 17.1. The van der Waals surface area contributed by atoms with Gasteiger partial charge in [0.25, 0.3) is 0 Å². The molecule has 5 rings (SSSR count). The maximum absolute atomic E-state index is 11.5. The molecular formula is C24H25N3O3. The highest BCUT2D eigenvalue weighted by Crippen LogP contribution is 2.31. The number of aromatic nitrogens is 2. The van der Waals surface area contributed by atoms with Crippen molar-refractivity contribution < 1.29 is 9.47 Å². The Bertz CT molecular complexity index is 1260. The van der Waals surface area contributed by atoms with Crippen LogP contribution in [0.1, 0.15) is 12.1 Å². The third-order valence-corrected chi connectivity index (χ3v) is 5.82. The lowest BCUT2D eigenvalue weighted by Crippen LogP contribution is -2.34. The minimum absolute atomic E-state index is 0.0974. The molecular weight excluding hydrogens is 378 g/mol. The minimum atomic E-state index is -0.0974. The van der Waals surface area contributed by atoms with Gasteiger partial charge >= 0.3 is 0 Å². The summed E-state index contributed by atoms with van der Waals surface area (Å²) in [6.07, 6.45) is 0.951. The number of hydrogen-bond acceptors (Lipinski definition) is 4. The van der Waals surface area contributed by atoms with Crippen LogP contribution in [0.4, 0.5) is 0 Å². The summed E-state index contributed by atoms with van der Waals surface area (Å²) >= 11 is 0. The molecule has 6 heteroatoms. The number of benzene rings is 2. The first kappa shape index (κ1) is 18.8. The fourth-order valence-electron chi connectivity index (χ4n) is 4.32. The summed E-state index contributed by atoms with van der Waals surface area (Å²) in [6.45, 7) is 4.60. The molecule has 4 aromatic rings. The highest BCUT2D eigenvalue weighted by molar-refractivity contribution is 5.87. The van der Waals surface area contributed by atoms with Crippen LogP contribution < -0.4 is 15.0 Å². The summed E-state index contributed by atoms with van der Waals surface area (Å²) in [5.41, 5.74) is 3.29. The average molecular weight is 403 g/mol. The number of methoxy groups -OCH3 is 1. The second-order valence-corrected chi connectivity index (χ2v) is 7.73. The highest BCUT2D eigenvalue weighted by atomic mass is 16.5. The van der Waals surface area contributed by atoms with Crippen LogP contribution >= 0.6 is 0 Å². The summed E-state index contributed by atoms with van der Waals surface area (Å²) in [6, 6.07) is 17.7. The maximum atomic E-state index is 11.5. The van der Waals surface area contributed by atoms with Gasteiger partial charge in [-0.15, -0.1) is 0 Å². The molecule has 3 heterocycles. The lowest BCUT2D eigenvalue weighted by atomic mass is 10.2. The van der Waals surface area contributed by atoms with Crippen LogP contribution in [0.25, 0.3) is 21.8 Å². The topological polar surface area (TPSA) is 59.5 Å². The molecule has 1 N–H and O–H groups in total. The van der Waals surface area contributed by atoms with Crippen molar-refractivity contribution in [3.63, 3.8) is 0 Å². The smallest absolute Gasteiger partial charge is 0.248 e. The largest absolute Gasteiger partial charge is 0.496 e. The van der Waals surface area contributed by atoms with Crippen molar-refractivity contribution in [3.8, 4) is 11.5 Å². The standard InChI is InChI=1S/C24H25N3O3/c1-29-23-5-2-4-22-20(23)14-18-16-26(11-12-27(18)22)10-3-13-30-19-8-6-17-7-9-24(28)25-21(17)15-19/h2,4-9,14-15H,3,10-13,16H2,1H3,(H,25,28). The summed E-state index contributed by atoms with van der Waals surface area (Å²) in [5.74, 6) is 1.72. The van der Waals surface area contributed by atoms with E-state index < -0.39 is 0 Å². The molecule has 0 saturated heterocycles. The fraction of sp³-hybridized carbons (Fsp3) is 0.292. The van der Waals surface area contributed by atoms with E-state index in [2.05, 4.69) is 32.7 Å². The van der Waals surface area contributed by atoms with Crippen LogP contribution in [-0.4, -0.2) is 41.3 Å². The molecule has 154 valence electrons. The summed E-state index contributed by atoms with van der Waals surface area (Å²) in [5, 5.41) is 2.19. The second-order valence-electron chi connectivity index (χ2n) is 7.73. The van der Waals surface area contributed by atoms with Gasteiger partial charge in [0.2, 0.25) is 5.56 Å². The fourth-order valence-corrected chi connectivity index (χ4v) is 4.32. The molecule has 6 nitrogen and oxygen atoms in total. The van der Waals surface area contributed by atoms with Crippen molar-refractivity contribution in [2.45, 2.75) is 19.5 Å². The first-order valence-electron chi connectivity index (χ1n) is 10.3. The molecule has 30 heavy (non-hydrogen) atoms. The Labute approximate surface area is 174 Å². The molecule has 1 aliphatic heterocycles. The van der Waals surface area contributed by atoms with Gasteiger partial charge in [0.1, 0.15) is 11.5 Å². The Morgan fingerprint density at radius 2 is 1.97 bits per heavy atom. The maximum Gasteiger partial charge on any atom is 0.248 e. The number of H-pyrrole nitrogens is 1. The molecule has 1 aliphatic rings. The molecule has 0 spiro atoms. The predicted molar refractivity (Wildman–Crippen MR) is 118 cm³/mol. The zero-order chi connectivity index (χ0) is 20.5. The van der Waals surface area contributed by atoms with Crippen molar-refractivity contribution in [2.24, 2.45) is 0 Å². The van der Waals surface area contributed by atoms with Gasteiger partial charge in [-0.05, 0) is 48.2 Å². The Hall–Kier alpha value is -3.25. The van der Waals surface area contributed by atoms with Gasteiger partial charge in [-0.2, -0.15) is 0 Å². The van der Waals surface area contributed by atoms with Gasteiger partial charge in [-0.25, -0.2) is 0 Å². The van der Waals surface area contributed by atoms with Crippen LogP contribution in [0.2, 0.25) is 0 Å². The van der Waals surface area contributed by atoms with E-state index in [9.17, 15) is 4.79 Å². The Morgan fingerprint density at radius 1 is 1.07 bits per heavy atom. The van der Waals surface area contributed by atoms with E-state index in [0.717, 1.165) is 55.0 Å². The van der Waals surface area contributed by atoms with Crippen molar-refractivity contribution in [1.82, 2.24) is 14.5 Å². The van der Waals surface area contributed by atoms with E-state index in [1.807, 2.05) is 30.3 Å².